The highest BCUT2D eigenvalue weighted by atomic mass is 16.3. The van der Waals surface area contributed by atoms with Crippen LogP contribution in [0.5, 0.6) is 0 Å². The highest BCUT2D eigenvalue weighted by Crippen LogP contribution is 2.26. The van der Waals surface area contributed by atoms with Crippen LogP contribution in [-0.2, 0) is 6.61 Å². The van der Waals surface area contributed by atoms with Crippen LogP contribution in [0.4, 0.5) is 5.82 Å². The molecule has 0 spiro atoms. The maximum Gasteiger partial charge on any atom is 0.129 e. The number of hydrogen-bond donors (Lipinski definition) is 1. The second kappa shape index (κ2) is 6.01. The molecule has 94 valence electrons. The molecule has 0 radical (unpaired) electrons. The monoisotopic (exact) mass is 234 g/mol. The zero-order chi connectivity index (χ0) is 12.1. The Morgan fingerprint density at radius 1 is 1.29 bits per heavy atom. The Morgan fingerprint density at radius 2 is 2.06 bits per heavy atom. The lowest BCUT2D eigenvalue weighted by Crippen LogP contribution is -2.37. The number of rotatable bonds is 4. The Kier molecular flexibility index (Phi) is 4.37. The summed E-state index contributed by atoms with van der Waals surface area (Å²) in [6.07, 6.45) is 6.59. The van der Waals surface area contributed by atoms with Gasteiger partial charge in [-0.15, -0.1) is 0 Å². The molecule has 0 unspecified atom stereocenters. The molecule has 17 heavy (non-hydrogen) atoms. The van der Waals surface area contributed by atoms with Crippen LogP contribution in [-0.4, -0.2) is 22.7 Å². The van der Waals surface area contributed by atoms with Gasteiger partial charge in [-0.05, 0) is 31.9 Å². The highest BCUT2D eigenvalue weighted by molar-refractivity contribution is 5.40. The van der Waals surface area contributed by atoms with Crippen molar-refractivity contribution in [1.29, 1.82) is 0 Å². The zero-order valence-electron chi connectivity index (χ0n) is 10.6. The molecule has 1 N–H and O–H groups in total. The molecule has 3 heteroatoms. The number of aliphatic hydroxyl groups excluding tert-OH is 1. The van der Waals surface area contributed by atoms with E-state index in [0.717, 1.165) is 18.1 Å². The van der Waals surface area contributed by atoms with E-state index in [1.807, 2.05) is 12.1 Å². The molecule has 1 saturated carbocycles. The minimum atomic E-state index is 0.0239. The van der Waals surface area contributed by atoms with Crippen molar-refractivity contribution in [3.63, 3.8) is 0 Å². The van der Waals surface area contributed by atoms with Crippen LogP contribution in [0.1, 0.15) is 44.7 Å². The predicted octanol–water partition coefficient (Wildman–Crippen LogP) is 2.73. The molecule has 1 fully saturated rings. The van der Waals surface area contributed by atoms with Crippen LogP contribution >= 0.6 is 0 Å². The summed E-state index contributed by atoms with van der Waals surface area (Å²) in [7, 11) is 0. The van der Waals surface area contributed by atoms with Crippen molar-refractivity contribution in [2.75, 3.05) is 11.4 Å². The van der Waals surface area contributed by atoms with Crippen LogP contribution in [0.15, 0.2) is 18.2 Å². The lowest BCUT2D eigenvalue weighted by molar-refractivity contribution is 0.277. The van der Waals surface area contributed by atoms with E-state index < -0.39 is 0 Å². The zero-order valence-corrected chi connectivity index (χ0v) is 10.6. The van der Waals surface area contributed by atoms with Crippen molar-refractivity contribution in [3.05, 3.63) is 23.9 Å². The van der Waals surface area contributed by atoms with Gasteiger partial charge in [-0.25, -0.2) is 4.98 Å². The predicted molar refractivity (Wildman–Crippen MR) is 70.1 cm³/mol. The van der Waals surface area contributed by atoms with Gasteiger partial charge in [0.15, 0.2) is 0 Å². The summed E-state index contributed by atoms with van der Waals surface area (Å²) in [6.45, 7) is 3.20. The molecule has 3 nitrogen and oxygen atoms in total. The number of pyridine rings is 1. The van der Waals surface area contributed by atoms with Crippen molar-refractivity contribution < 1.29 is 5.11 Å². The second-order valence-corrected chi connectivity index (χ2v) is 4.72. The van der Waals surface area contributed by atoms with Gasteiger partial charge in [-0.2, -0.15) is 0 Å². The number of hydrogen-bond acceptors (Lipinski definition) is 3. The molecule has 0 bridgehead atoms. The smallest absolute Gasteiger partial charge is 0.129 e. The van der Waals surface area contributed by atoms with Gasteiger partial charge < -0.3 is 10.0 Å². The SMILES string of the molecule is CCN(c1cccc(CO)n1)C1CCCCC1. The first-order valence-electron chi connectivity index (χ1n) is 6.68. The van der Waals surface area contributed by atoms with Gasteiger partial charge in [-0.1, -0.05) is 25.3 Å². The first-order valence-corrected chi connectivity index (χ1v) is 6.68. The van der Waals surface area contributed by atoms with Crippen LogP contribution in [0.2, 0.25) is 0 Å². The third-order valence-corrected chi connectivity index (χ3v) is 3.60. The Balaban J connectivity index is 2.15. The van der Waals surface area contributed by atoms with Crippen LogP contribution in [0.3, 0.4) is 0 Å². The van der Waals surface area contributed by atoms with E-state index in [1.54, 1.807) is 0 Å². The van der Waals surface area contributed by atoms with Gasteiger partial charge >= 0.3 is 0 Å². The van der Waals surface area contributed by atoms with Gasteiger partial charge in [0, 0.05) is 12.6 Å². The second-order valence-electron chi connectivity index (χ2n) is 4.72. The number of aromatic nitrogens is 1. The number of anilines is 1. The van der Waals surface area contributed by atoms with Crippen molar-refractivity contribution in [1.82, 2.24) is 4.98 Å². The average Bonchev–Trinajstić information content (AvgIpc) is 2.41. The van der Waals surface area contributed by atoms with Crippen molar-refractivity contribution >= 4 is 5.82 Å². The summed E-state index contributed by atoms with van der Waals surface area (Å²) in [5, 5.41) is 9.15. The summed E-state index contributed by atoms with van der Waals surface area (Å²) < 4.78 is 0. The van der Waals surface area contributed by atoms with Crippen LogP contribution in [0.25, 0.3) is 0 Å². The molecule has 1 aromatic heterocycles. The molecular formula is C14H22N2O. The van der Waals surface area contributed by atoms with Gasteiger partial charge in [0.2, 0.25) is 0 Å². The largest absolute Gasteiger partial charge is 0.390 e. The van der Waals surface area contributed by atoms with Crippen molar-refractivity contribution in [2.24, 2.45) is 0 Å². The summed E-state index contributed by atoms with van der Waals surface area (Å²) in [4.78, 5) is 6.90. The highest BCUT2D eigenvalue weighted by Gasteiger charge is 2.20. The molecule has 1 aliphatic carbocycles. The molecule has 0 atom stereocenters. The molecular weight excluding hydrogens is 212 g/mol. The molecule has 0 amide bonds. The average molecular weight is 234 g/mol. The number of nitrogens with zero attached hydrogens (tertiary/aromatic N) is 2. The Morgan fingerprint density at radius 3 is 2.71 bits per heavy atom. The first-order chi connectivity index (χ1) is 8.35. The minimum Gasteiger partial charge on any atom is -0.390 e. The molecule has 1 heterocycles. The molecule has 1 aromatic rings. The fourth-order valence-corrected chi connectivity index (χ4v) is 2.71. The van der Waals surface area contributed by atoms with E-state index in [-0.39, 0.29) is 6.61 Å². The summed E-state index contributed by atoms with van der Waals surface area (Å²) in [5.41, 5.74) is 0.761. The van der Waals surface area contributed by atoms with Gasteiger partial charge in [0.05, 0.1) is 12.3 Å². The Labute approximate surface area is 103 Å². The van der Waals surface area contributed by atoms with Gasteiger partial charge in [0.25, 0.3) is 0 Å². The molecule has 0 aliphatic heterocycles. The van der Waals surface area contributed by atoms with Crippen molar-refractivity contribution in [3.8, 4) is 0 Å². The van der Waals surface area contributed by atoms with E-state index in [4.69, 9.17) is 5.11 Å². The van der Waals surface area contributed by atoms with Gasteiger partial charge in [-0.3, -0.25) is 0 Å². The van der Waals surface area contributed by atoms with E-state index in [1.165, 1.54) is 32.1 Å². The third-order valence-electron chi connectivity index (χ3n) is 3.60. The topological polar surface area (TPSA) is 36.4 Å². The lowest BCUT2D eigenvalue weighted by atomic mass is 9.94. The Bertz CT molecular complexity index is 348. The summed E-state index contributed by atoms with van der Waals surface area (Å²) in [5.74, 6) is 1.02. The Hall–Kier alpha value is -1.09. The normalized spacial score (nSPS) is 17.1. The quantitative estimate of drug-likeness (QED) is 0.870. The van der Waals surface area contributed by atoms with Crippen molar-refractivity contribution in [2.45, 2.75) is 51.7 Å². The van der Waals surface area contributed by atoms with Crippen LogP contribution in [0, 0.1) is 0 Å². The van der Waals surface area contributed by atoms with E-state index in [9.17, 15) is 0 Å². The summed E-state index contributed by atoms with van der Waals surface area (Å²) >= 11 is 0. The maximum atomic E-state index is 9.15. The third kappa shape index (κ3) is 2.97. The molecule has 0 saturated heterocycles. The van der Waals surface area contributed by atoms with E-state index in [2.05, 4.69) is 22.9 Å². The fourth-order valence-electron chi connectivity index (χ4n) is 2.71. The van der Waals surface area contributed by atoms with Gasteiger partial charge in [0.1, 0.15) is 5.82 Å². The van der Waals surface area contributed by atoms with E-state index in [0.29, 0.717) is 6.04 Å². The molecule has 1 aliphatic rings. The standard InChI is InChI=1S/C14H22N2O/c1-2-16(13-8-4-3-5-9-13)14-10-6-7-12(11-17)15-14/h6-7,10,13,17H,2-5,8-9,11H2,1H3. The molecule has 2 rings (SSSR count). The van der Waals surface area contributed by atoms with Crippen LogP contribution < -0.4 is 4.90 Å². The first kappa shape index (κ1) is 12.4. The summed E-state index contributed by atoms with van der Waals surface area (Å²) in [6, 6.07) is 6.55. The molecule has 0 aromatic carbocycles. The number of aliphatic hydroxyl groups is 1. The minimum absolute atomic E-state index is 0.0239. The fraction of sp³-hybridized carbons (Fsp3) is 0.643. The van der Waals surface area contributed by atoms with E-state index >= 15 is 0 Å². The maximum absolute atomic E-state index is 9.15. The lowest BCUT2D eigenvalue weighted by Gasteiger charge is -2.34.